The SMILES string of the molecule is CCO[C@H]1C[C@H](N(C)S(=O)(=O)c2cc(C)c(C)cc2[N+](=O)[O-])C12CCCC2. The van der Waals surface area contributed by atoms with Crippen LogP contribution in [-0.2, 0) is 14.8 Å². The van der Waals surface area contributed by atoms with Gasteiger partial charge in [-0.15, -0.1) is 0 Å². The lowest BCUT2D eigenvalue weighted by molar-refractivity contribution is -0.387. The maximum atomic E-state index is 13.3. The Hall–Kier alpha value is -1.51. The number of nitro groups is 1. The average molecular weight is 397 g/mol. The highest BCUT2D eigenvalue weighted by atomic mass is 32.2. The molecule has 7 nitrogen and oxygen atoms in total. The Morgan fingerprint density at radius 1 is 1.26 bits per heavy atom. The van der Waals surface area contributed by atoms with Crippen LogP contribution in [0.2, 0.25) is 0 Å². The van der Waals surface area contributed by atoms with Crippen LogP contribution in [0.4, 0.5) is 5.69 Å². The lowest BCUT2D eigenvalue weighted by Gasteiger charge is -2.56. The van der Waals surface area contributed by atoms with E-state index >= 15 is 0 Å². The third kappa shape index (κ3) is 3.17. The van der Waals surface area contributed by atoms with Crippen molar-refractivity contribution in [2.75, 3.05) is 13.7 Å². The lowest BCUT2D eigenvalue weighted by Crippen LogP contribution is -2.63. The highest BCUT2D eigenvalue weighted by molar-refractivity contribution is 7.89. The zero-order valence-electron chi connectivity index (χ0n) is 16.4. The first-order chi connectivity index (χ1) is 12.6. The van der Waals surface area contributed by atoms with Crippen molar-refractivity contribution in [1.82, 2.24) is 4.31 Å². The molecule has 0 aromatic heterocycles. The number of hydrogen-bond acceptors (Lipinski definition) is 5. The fourth-order valence-electron chi connectivity index (χ4n) is 4.81. The molecule has 8 heteroatoms. The van der Waals surface area contributed by atoms with Crippen LogP contribution in [0.1, 0.15) is 50.2 Å². The van der Waals surface area contributed by atoms with Gasteiger partial charge < -0.3 is 4.74 Å². The molecule has 2 atom stereocenters. The molecule has 1 aromatic carbocycles. The van der Waals surface area contributed by atoms with Gasteiger partial charge >= 0.3 is 0 Å². The van der Waals surface area contributed by atoms with Crippen molar-refractivity contribution in [2.24, 2.45) is 5.41 Å². The van der Waals surface area contributed by atoms with Crippen LogP contribution in [0.3, 0.4) is 0 Å². The molecule has 27 heavy (non-hydrogen) atoms. The summed E-state index contributed by atoms with van der Waals surface area (Å²) < 4.78 is 33.9. The quantitative estimate of drug-likeness (QED) is 0.542. The second-order valence-electron chi connectivity index (χ2n) is 7.82. The van der Waals surface area contributed by atoms with Crippen molar-refractivity contribution < 1.29 is 18.1 Å². The largest absolute Gasteiger partial charge is 0.378 e. The summed E-state index contributed by atoms with van der Waals surface area (Å²) in [6.45, 7) is 6.08. The molecule has 1 aromatic rings. The van der Waals surface area contributed by atoms with E-state index in [1.54, 1.807) is 20.9 Å². The van der Waals surface area contributed by atoms with E-state index in [0.29, 0.717) is 18.6 Å². The number of nitrogens with zero attached hydrogens (tertiary/aromatic N) is 2. The van der Waals surface area contributed by atoms with Gasteiger partial charge in [0.1, 0.15) is 0 Å². The minimum absolute atomic E-state index is 0.0717. The van der Waals surface area contributed by atoms with Gasteiger partial charge in [-0.1, -0.05) is 12.8 Å². The molecular weight excluding hydrogens is 368 g/mol. The van der Waals surface area contributed by atoms with Crippen molar-refractivity contribution in [3.63, 3.8) is 0 Å². The standard InChI is InChI=1S/C19H28N2O5S/c1-5-26-18-12-17(19(18)8-6-7-9-19)20(4)27(24,25)16-11-14(3)13(2)10-15(16)21(22)23/h10-11,17-18H,5-9,12H2,1-4H3/t17-,18-/m0/s1. The van der Waals surface area contributed by atoms with Gasteiger partial charge in [0.05, 0.1) is 11.0 Å². The summed E-state index contributed by atoms with van der Waals surface area (Å²) in [6, 6.07) is 2.60. The second-order valence-corrected chi connectivity index (χ2v) is 9.78. The first-order valence-electron chi connectivity index (χ1n) is 9.50. The number of aryl methyl sites for hydroxylation is 2. The third-order valence-corrected chi connectivity index (χ3v) is 8.41. The van der Waals surface area contributed by atoms with Gasteiger partial charge in [-0.05, 0) is 57.2 Å². The zero-order chi connectivity index (χ0) is 20.0. The fraction of sp³-hybridized carbons (Fsp3) is 0.684. The summed E-state index contributed by atoms with van der Waals surface area (Å²) in [5.74, 6) is 0. The van der Waals surface area contributed by atoms with Gasteiger partial charge in [0, 0.05) is 31.2 Å². The topological polar surface area (TPSA) is 89.8 Å². The van der Waals surface area contributed by atoms with Crippen LogP contribution >= 0.6 is 0 Å². The third-order valence-electron chi connectivity index (χ3n) is 6.51. The minimum atomic E-state index is -3.98. The molecule has 1 spiro atoms. The highest BCUT2D eigenvalue weighted by Gasteiger charge is 2.60. The van der Waals surface area contributed by atoms with Crippen molar-refractivity contribution in [3.05, 3.63) is 33.4 Å². The molecule has 2 saturated carbocycles. The van der Waals surface area contributed by atoms with Crippen LogP contribution < -0.4 is 0 Å². The van der Waals surface area contributed by atoms with Gasteiger partial charge in [0.15, 0.2) is 4.90 Å². The molecule has 0 heterocycles. The van der Waals surface area contributed by atoms with Crippen LogP contribution in [0.5, 0.6) is 0 Å². The zero-order valence-corrected chi connectivity index (χ0v) is 17.2. The Bertz CT molecular complexity index is 846. The van der Waals surface area contributed by atoms with Gasteiger partial charge in [0.2, 0.25) is 10.0 Å². The normalized spacial score (nSPS) is 24.3. The summed E-state index contributed by atoms with van der Waals surface area (Å²) >= 11 is 0. The van der Waals surface area contributed by atoms with Gasteiger partial charge in [-0.3, -0.25) is 10.1 Å². The maximum Gasteiger partial charge on any atom is 0.289 e. The summed E-state index contributed by atoms with van der Waals surface area (Å²) in [5.41, 5.74) is 0.914. The van der Waals surface area contributed by atoms with E-state index < -0.39 is 14.9 Å². The van der Waals surface area contributed by atoms with Crippen LogP contribution in [-0.4, -0.2) is 43.4 Å². The highest BCUT2D eigenvalue weighted by Crippen LogP contribution is 2.57. The number of nitro benzene ring substituents is 1. The smallest absolute Gasteiger partial charge is 0.289 e. The van der Waals surface area contributed by atoms with E-state index in [1.807, 2.05) is 6.92 Å². The second kappa shape index (κ2) is 7.14. The summed E-state index contributed by atoms with van der Waals surface area (Å²) in [6.07, 6.45) is 4.73. The Morgan fingerprint density at radius 3 is 2.41 bits per heavy atom. The predicted molar refractivity (Wildman–Crippen MR) is 102 cm³/mol. The number of sulfonamides is 1. The van der Waals surface area contributed by atoms with Crippen molar-refractivity contribution in [2.45, 2.75) is 69.9 Å². The van der Waals surface area contributed by atoms with E-state index in [2.05, 4.69) is 0 Å². The molecule has 0 unspecified atom stereocenters. The Labute approximate surface area is 160 Å². The molecule has 0 aliphatic heterocycles. The molecule has 2 fully saturated rings. The number of rotatable bonds is 6. The first-order valence-corrected chi connectivity index (χ1v) is 10.9. The molecule has 3 rings (SSSR count). The molecule has 150 valence electrons. The molecule has 0 radical (unpaired) electrons. The summed E-state index contributed by atoms with van der Waals surface area (Å²) in [5, 5.41) is 11.5. The molecule has 0 saturated heterocycles. The molecule has 2 aliphatic rings. The van der Waals surface area contributed by atoms with Gasteiger partial charge in [-0.25, -0.2) is 8.42 Å². The molecule has 0 N–H and O–H groups in total. The van der Waals surface area contributed by atoms with E-state index in [9.17, 15) is 18.5 Å². The number of benzene rings is 1. The fourth-order valence-corrected chi connectivity index (χ4v) is 6.47. The lowest BCUT2D eigenvalue weighted by atomic mass is 9.60. The molecule has 0 bridgehead atoms. The van der Waals surface area contributed by atoms with Gasteiger partial charge in [-0.2, -0.15) is 4.31 Å². The van der Waals surface area contributed by atoms with Crippen molar-refractivity contribution in [3.8, 4) is 0 Å². The maximum absolute atomic E-state index is 13.3. The number of ether oxygens (including phenoxy) is 1. The van der Waals surface area contributed by atoms with Crippen LogP contribution in [0.15, 0.2) is 17.0 Å². The van der Waals surface area contributed by atoms with Crippen molar-refractivity contribution >= 4 is 15.7 Å². The van der Waals surface area contributed by atoms with Crippen molar-refractivity contribution in [1.29, 1.82) is 0 Å². The van der Waals surface area contributed by atoms with E-state index in [0.717, 1.165) is 31.2 Å². The Kier molecular flexibility index (Phi) is 5.35. The first kappa shape index (κ1) is 20.2. The Balaban J connectivity index is 1.99. The monoisotopic (exact) mass is 396 g/mol. The predicted octanol–water partition coefficient (Wildman–Crippen LogP) is 3.57. The molecule has 2 aliphatic carbocycles. The molecule has 0 amide bonds. The average Bonchev–Trinajstić information content (AvgIpc) is 3.12. The van der Waals surface area contributed by atoms with Crippen LogP contribution in [0, 0.1) is 29.4 Å². The Morgan fingerprint density at radius 2 is 1.85 bits per heavy atom. The number of hydrogen-bond donors (Lipinski definition) is 0. The minimum Gasteiger partial charge on any atom is -0.378 e. The molecular formula is C19H28N2O5S. The van der Waals surface area contributed by atoms with E-state index in [1.165, 1.54) is 16.4 Å². The van der Waals surface area contributed by atoms with E-state index in [4.69, 9.17) is 4.74 Å². The van der Waals surface area contributed by atoms with E-state index in [-0.39, 0.29) is 28.1 Å². The van der Waals surface area contributed by atoms with Crippen LogP contribution in [0.25, 0.3) is 0 Å². The summed E-state index contributed by atoms with van der Waals surface area (Å²) in [7, 11) is -2.42. The summed E-state index contributed by atoms with van der Waals surface area (Å²) in [4.78, 5) is 10.7. The van der Waals surface area contributed by atoms with Gasteiger partial charge in [0.25, 0.3) is 5.69 Å².